The predicted molar refractivity (Wildman–Crippen MR) is 508 cm³/mol. The van der Waals surface area contributed by atoms with Gasteiger partial charge in [-0.3, -0.25) is 0 Å². The first-order valence-electron chi connectivity index (χ1n) is 41.6. The summed E-state index contributed by atoms with van der Waals surface area (Å²) in [4.78, 5) is 5.47. The lowest BCUT2D eigenvalue weighted by Gasteiger charge is -2.46. The summed E-state index contributed by atoms with van der Waals surface area (Å²) >= 11 is 0. The molecule has 7 heterocycles. The first-order valence-corrected chi connectivity index (χ1v) is 41.6. The van der Waals surface area contributed by atoms with Crippen molar-refractivity contribution in [3.63, 3.8) is 0 Å². The number of hydrogen-bond acceptors (Lipinski definition) is 2. The summed E-state index contributed by atoms with van der Waals surface area (Å²) in [6, 6.07) is 161. The lowest BCUT2D eigenvalue weighted by atomic mass is 9.33. The Morgan fingerprint density at radius 3 is 0.925 bits per heavy atom. The molecule has 0 spiro atoms. The van der Waals surface area contributed by atoms with Gasteiger partial charge in [0.05, 0.1) is 55.5 Å². The molecule has 2 aliphatic heterocycles. The molecular weight excluding hydrogens is 1450 g/mol. The Labute approximate surface area is 693 Å². The van der Waals surface area contributed by atoms with Crippen molar-refractivity contribution in [1.29, 1.82) is 0 Å². The van der Waals surface area contributed by atoms with Crippen LogP contribution in [0.1, 0.15) is 0 Å². The minimum Gasteiger partial charge on any atom is -0.310 e. The van der Waals surface area contributed by atoms with Gasteiger partial charge in [-0.15, -0.1) is 0 Å². The Kier molecular flexibility index (Phi) is 14.3. The van der Waals surface area contributed by atoms with E-state index in [1.165, 1.54) is 103 Å². The van der Waals surface area contributed by atoms with Crippen LogP contribution in [0.4, 0.5) is 34.1 Å². The molecule has 5 nitrogen and oxygen atoms in total. The van der Waals surface area contributed by atoms with Gasteiger partial charge < -0.3 is 23.2 Å². The van der Waals surface area contributed by atoms with Crippen LogP contribution in [0.3, 0.4) is 0 Å². The van der Waals surface area contributed by atoms with Gasteiger partial charge in [-0.2, -0.15) is 0 Å². The van der Waals surface area contributed by atoms with Crippen LogP contribution in [-0.4, -0.2) is 20.1 Å². The van der Waals surface area contributed by atoms with E-state index in [9.17, 15) is 0 Å². The van der Waals surface area contributed by atoms with Gasteiger partial charge in [0.15, 0.2) is 0 Å². The fourth-order valence-corrected chi connectivity index (χ4v) is 21.1. The molecule has 6 heteroatoms. The van der Waals surface area contributed by atoms with Crippen molar-refractivity contribution in [1.82, 2.24) is 13.4 Å². The average molecular weight is 1520 g/mol. The van der Waals surface area contributed by atoms with Gasteiger partial charge in [-0.1, -0.05) is 315 Å². The van der Waals surface area contributed by atoms with Gasteiger partial charge in [0, 0.05) is 105 Å². The van der Waals surface area contributed by atoms with E-state index < -0.39 is 0 Å². The molecule has 120 heavy (non-hydrogen) atoms. The van der Waals surface area contributed by atoms with Crippen molar-refractivity contribution in [3.8, 4) is 94.7 Å². The van der Waals surface area contributed by atoms with Crippen LogP contribution >= 0.6 is 0 Å². The summed E-state index contributed by atoms with van der Waals surface area (Å²) in [5.41, 5.74) is 38.8. The SMILES string of the molecule is c1ccc(-c2cc(-c3ccccc3)c(N3c4cc(-c5cc6c7ccccc7n7c8ccccc8c(c5)c67)ccc4B4c5ccc(-n6c7ccccc7c7ccccc76)cc5N(c5c(-c6ccccc6)cc(-c6ccccc6)cc5-c5ccccc5)c5cc(-c6ccc7c(c6)c6cccc8c9ccccc9n7c86)cc3c54)c(-c3ccccc3)c2)cc1. The number of aromatic nitrogens is 3. The van der Waals surface area contributed by atoms with E-state index in [1.807, 2.05) is 0 Å². The molecule has 0 bridgehead atoms. The van der Waals surface area contributed by atoms with Gasteiger partial charge in [-0.05, 0) is 192 Å². The minimum atomic E-state index is -0.322. The molecule has 0 radical (unpaired) electrons. The van der Waals surface area contributed by atoms with E-state index in [4.69, 9.17) is 0 Å². The van der Waals surface area contributed by atoms with E-state index in [0.717, 1.165) is 140 Å². The number of rotatable bonds is 11. The van der Waals surface area contributed by atoms with Gasteiger partial charge in [-0.25, -0.2) is 0 Å². The Hall–Kier alpha value is -15.8. The Morgan fingerprint density at radius 1 is 0.175 bits per heavy atom. The molecule has 5 aromatic heterocycles. The summed E-state index contributed by atoms with van der Waals surface area (Å²) in [5, 5.41) is 12.4. The lowest BCUT2D eigenvalue weighted by Crippen LogP contribution is -2.61. The van der Waals surface area contributed by atoms with Crippen molar-refractivity contribution >= 4 is 155 Å². The van der Waals surface area contributed by atoms with Gasteiger partial charge in [0.2, 0.25) is 0 Å². The summed E-state index contributed by atoms with van der Waals surface area (Å²) in [5.74, 6) is 0. The Balaban J connectivity index is 0.849. The zero-order valence-electron chi connectivity index (χ0n) is 65.2. The largest absolute Gasteiger partial charge is 0.310 e. The highest BCUT2D eigenvalue weighted by molar-refractivity contribution is 7.00. The van der Waals surface area contributed by atoms with Crippen molar-refractivity contribution < 1.29 is 0 Å². The second-order valence-corrected chi connectivity index (χ2v) is 32.5. The molecular formula is C114H70BN5. The number of nitrogens with zero attached hydrogens (tertiary/aromatic N) is 5. The minimum absolute atomic E-state index is 0.322. The molecule has 19 aromatic carbocycles. The van der Waals surface area contributed by atoms with Crippen LogP contribution in [0.5, 0.6) is 0 Å². The Bertz CT molecular complexity index is 8080. The highest BCUT2D eigenvalue weighted by atomic mass is 15.2. The molecule has 0 N–H and O–H groups in total. The Morgan fingerprint density at radius 2 is 0.475 bits per heavy atom. The number of fused-ring (bicyclic) bond motifs is 19. The van der Waals surface area contributed by atoms with Crippen molar-refractivity contribution in [2.75, 3.05) is 9.80 Å². The summed E-state index contributed by atoms with van der Waals surface area (Å²) in [6.45, 7) is -0.322. The fourth-order valence-electron chi connectivity index (χ4n) is 21.1. The van der Waals surface area contributed by atoms with Gasteiger partial charge in [0.25, 0.3) is 6.71 Å². The molecule has 554 valence electrons. The molecule has 24 aromatic rings. The molecule has 0 aliphatic carbocycles. The smallest absolute Gasteiger partial charge is 0.252 e. The third kappa shape index (κ3) is 9.73. The van der Waals surface area contributed by atoms with E-state index in [1.54, 1.807) is 0 Å². The zero-order valence-corrected chi connectivity index (χ0v) is 65.2. The molecule has 0 amide bonds. The summed E-state index contributed by atoms with van der Waals surface area (Å²) < 4.78 is 7.52. The quantitative estimate of drug-likeness (QED) is 0.120. The molecule has 0 saturated carbocycles. The highest BCUT2D eigenvalue weighted by Gasteiger charge is 2.46. The first-order chi connectivity index (χ1) is 59.6. The van der Waals surface area contributed by atoms with Crippen LogP contribution in [0.2, 0.25) is 0 Å². The highest BCUT2D eigenvalue weighted by Crippen LogP contribution is 2.57. The van der Waals surface area contributed by atoms with Crippen molar-refractivity contribution in [2.45, 2.75) is 0 Å². The normalized spacial score (nSPS) is 12.6. The summed E-state index contributed by atoms with van der Waals surface area (Å²) in [6.07, 6.45) is 0. The number of para-hydroxylation sites is 6. The van der Waals surface area contributed by atoms with E-state index in [2.05, 4.69) is 448 Å². The number of benzene rings is 19. The molecule has 0 unspecified atom stereocenters. The van der Waals surface area contributed by atoms with Crippen LogP contribution < -0.4 is 26.2 Å². The zero-order chi connectivity index (χ0) is 78.4. The van der Waals surface area contributed by atoms with Crippen molar-refractivity contribution in [3.05, 3.63) is 425 Å². The monoisotopic (exact) mass is 1520 g/mol. The van der Waals surface area contributed by atoms with Crippen LogP contribution in [0.15, 0.2) is 425 Å². The molecule has 2 aliphatic rings. The van der Waals surface area contributed by atoms with Crippen LogP contribution in [0.25, 0.3) is 193 Å². The first kappa shape index (κ1) is 66.5. The van der Waals surface area contributed by atoms with Gasteiger partial charge >= 0.3 is 0 Å². The number of hydrogen-bond donors (Lipinski definition) is 0. The maximum absolute atomic E-state index is 2.74. The maximum Gasteiger partial charge on any atom is 0.252 e. The summed E-state index contributed by atoms with van der Waals surface area (Å²) in [7, 11) is 0. The number of anilines is 6. The third-order valence-corrected chi connectivity index (χ3v) is 26.2. The second kappa shape index (κ2) is 25.9. The lowest BCUT2D eigenvalue weighted by molar-refractivity contribution is 1.17. The molecule has 0 saturated heterocycles. The van der Waals surface area contributed by atoms with E-state index in [-0.39, 0.29) is 6.71 Å². The van der Waals surface area contributed by atoms with E-state index in [0.29, 0.717) is 0 Å². The fraction of sp³-hybridized carbons (Fsp3) is 0. The molecule has 26 rings (SSSR count). The third-order valence-electron chi connectivity index (χ3n) is 26.2. The predicted octanol–water partition coefficient (Wildman–Crippen LogP) is 28.5. The molecule has 0 atom stereocenters. The molecule has 0 fully saturated rings. The van der Waals surface area contributed by atoms with Crippen LogP contribution in [-0.2, 0) is 0 Å². The average Bonchev–Trinajstić information content (AvgIpc) is 0.834. The van der Waals surface area contributed by atoms with Crippen molar-refractivity contribution in [2.24, 2.45) is 0 Å². The topological polar surface area (TPSA) is 20.2 Å². The van der Waals surface area contributed by atoms with Crippen LogP contribution in [0, 0.1) is 0 Å². The second-order valence-electron chi connectivity index (χ2n) is 32.5. The van der Waals surface area contributed by atoms with Gasteiger partial charge in [0.1, 0.15) is 0 Å². The maximum atomic E-state index is 2.74. The van der Waals surface area contributed by atoms with E-state index >= 15 is 0 Å². The standard InChI is InChI=1S/C114H70BN5/c1-7-30-71(31-8-1)79-61-91(73-34-11-3-12-35-73)112(92(62-79)74-36-13-4-14-37-74)119-106-67-78(81-65-96-87-45-22-27-52-103(87)117-104-53-28-23-46-88(104)97(66-81)114(96)117)54-57-98(106)115-99-58-56-83(116-100-49-24-19-42-84(100)85-43-20-25-50-101(85)116)70-107(99)120(113-93(75-38-15-5-16-39-75)63-80(72-32-9-2-10-33-72)64-94(113)76-40-17-6-18-41-76)109-69-82(68-108(119)110(109)115)77-55-59-105-95(60-77)90-48-29-47-89-86-44-21-26-51-102(86)118(105)111(89)90/h1-70H.